The van der Waals surface area contributed by atoms with Gasteiger partial charge in [-0.05, 0) is 37.0 Å². The fraction of sp³-hybridized carbons (Fsp3) is 0.385. The molecule has 4 heteroatoms. The maximum atomic E-state index is 8.63. The third-order valence-electron chi connectivity index (χ3n) is 2.67. The van der Waals surface area contributed by atoms with Crippen molar-refractivity contribution in [3.05, 3.63) is 22.8 Å². The lowest BCUT2D eigenvalue weighted by Gasteiger charge is -2.14. The third kappa shape index (κ3) is 2.49. The molecule has 0 saturated heterocycles. The van der Waals surface area contributed by atoms with Crippen molar-refractivity contribution in [2.75, 3.05) is 0 Å². The van der Waals surface area contributed by atoms with Crippen LogP contribution in [0.25, 0.3) is 0 Å². The van der Waals surface area contributed by atoms with E-state index in [9.17, 15) is 0 Å². The van der Waals surface area contributed by atoms with E-state index in [1.165, 1.54) is 0 Å². The summed E-state index contributed by atoms with van der Waals surface area (Å²) in [5.74, 6) is 0.995. The highest BCUT2D eigenvalue weighted by molar-refractivity contribution is 5.55. The Morgan fingerprint density at radius 1 is 1.00 bits per heavy atom. The first-order valence-corrected chi connectivity index (χ1v) is 5.46. The zero-order chi connectivity index (χ0) is 12.8. The summed E-state index contributed by atoms with van der Waals surface area (Å²) >= 11 is 0. The number of rotatable bonds is 4. The van der Waals surface area contributed by atoms with Crippen molar-refractivity contribution in [3.8, 4) is 24.0 Å². The summed E-state index contributed by atoms with van der Waals surface area (Å²) in [6.07, 6.45) is 4.86. The zero-order valence-electron chi connectivity index (χ0n) is 10.2. The van der Waals surface area contributed by atoms with E-state index >= 15 is 0 Å². The molecule has 1 aromatic rings. The minimum atomic E-state index is 0.498. The van der Waals surface area contributed by atoms with Gasteiger partial charge < -0.3 is 9.47 Å². The SMILES string of the molecule is CCc1cc(CC)c(OC#N)c(C)c1OC#N. The van der Waals surface area contributed by atoms with Crippen LogP contribution in [0.3, 0.4) is 0 Å². The standard InChI is InChI=1S/C13H14N2O2/c1-4-10-6-11(5-2)13(17-8-15)9(3)12(10)16-7-14/h6H,4-5H2,1-3H3. The number of hydrogen-bond donors (Lipinski definition) is 0. The summed E-state index contributed by atoms with van der Waals surface area (Å²) in [7, 11) is 0. The van der Waals surface area contributed by atoms with Gasteiger partial charge in [-0.1, -0.05) is 13.8 Å². The Balaban J connectivity index is 3.46. The summed E-state index contributed by atoms with van der Waals surface area (Å²) in [4.78, 5) is 0. The molecule has 4 nitrogen and oxygen atoms in total. The number of nitrogens with zero attached hydrogens (tertiary/aromatic N) is 2. The van der Waals surface area contributed by atoms with E-state index < -0.39 is 0 Å². The van der Waals surface area contributed by atoms with Crippen LogP contribution >= 0.6 is 0 Å². The van der Waals surface area contributed by atoms with Crippen LogP contribution in [0.5, 0.6) is 11.5 Å². The van der Waals surface area contributed by atoms with Crippen LogP contribution in [-0.4, -0.2) is 0 Å². The molecule has 1 aromatic carbocycles. The molecule has 0 heterocycles. The Hall–Kier alpha value is -2.20. The largest absolute Gasteiger partial charge is 0.387 e. The van der Waals surface area contributed by atoms with E-state index in [1.54, 1.807) is 19.4 Å². The predicted molar refractivity (Wildman–Crippen MR) is 62.4 cm³/mol. The van der Waals surface area contributed by atoms with Gasteiger partial charge in [-0.2, -0.15) is 0 Å². The van der Waals surface area contributed by atoms with E-state index in [-0.39, 0.29) is 0 Å². The summed E-state index contributed by atoms with van der Waals surface area (Å²) in [5.41, 5.74) is 2.60. The summed E-state index contributed by atoms with van der Waals surface area (Å²) in [6.45, 7) is 5.77. The molecule has 0 fully saturated rings. The lowest BCUT2D eigenvalue weighted by Crippen LogP contribution is -2.00. The maximum absolute atomic E-state index is 8.63. The second kappa shape index (κ2) is 5.77. The molecular weight excluding hydrogens is 216 g/mol. The second-order valence-electron chi connectivity index (χ2n) is 3.57. The normalized spacial score (nSPS) is 9.24. The highest BCUT2D eigenvalue weighted by Crippen LogP contribution is 2.35. The third-order valence-corrected chi connectivity index (χ3v) is 2.67. The molecule has 0 radical (unpaired) electrons. The number of aryl methyl sites for hydroxylation is 2. The molecule has 0 unspecified atom stereocenters. The fourth-order valence-corrected chi connectivity index (χ4v) is 1.83. The summed E-state index contributed by atoms with van der Waals surface area (Å²) in [5, 5.41) is 17.3. The van der Waals surface area contributed by atoms with Crippen molar-refractivity contribution in [3.63, 3.8) is 0 Å². The van der Waals surface area contributed by atoms with Crippen molar-refractivity contribution in [1.82, 2.24) is 0 Å². The highest BCUT2D eigenvalue weighted by Gasteiger charge is 2.16. The fourth-order valence-electron chi connectivity index (χ4n) is 1.83. The van der Waals surface area contributed by atoms with Crippen molar-refractivity contribution in [1.29, 1.82) is 10.5 Å². The van der Waals surface area contributed by atoms with Crippen molar-refractivity contribution in [2.45, 2.75) is 33.6 Å². The van der Waals surface area contributed by atoms with Crippen LogP contribution in [-0.2, 0) is 12.8 Å². The van der Waals surface area contributed by atoms with Crippen LogP contribution in [0.15, 0.2) is 6.07 Å². The van der Waals surface area contributed by atoms with Gasteiger partial charge in [-0.3, -0.25) is 0 Å². The number of ether oxygens (including phenoxy) is 2. The molecular formula is C13H14N2O2. The summed E-state index contributed by atoms with van der Waals surface area (Å²) < 4.78 is 9.92. The maximum Gasteiger partial charge on any atom is 0.292 e. The van der Waals surface area contributed by atoms with Crippen LogP contribution in [0, 0.1) is 30.0 Å². The first kappa shape index (κ1) is 12.9. The quantitative estimate of drug-likeness (QED) is 0.746. The number of nitriles is 2. The monoisotopic (exact) mass is 230 g/mol. The van der Waals surface area contributed by atoms with Gasteiger partial charge in [-0.15, -0.1) is 10.5 Å². The molecule has 0 N–H and O–H groups in total. The number of hydrogen-bond acceptors (Lipinski definition) is 4. The highest BCUT2D eigenvalue weighted by atomic mass is 16.5. The molecule has 0 bridgehead atoms. The van der Waals surface area contributed by atoms with Gasteiger partial charge in [0.05, 0.1) is 0 Å². The molecule has 0 aromatic heterocycles. The first-order valence-electron chi connectivity index (χ1n) is 5.46. The van der Waals surface area contributed by atoms with Crippen LogP contribution in [0.4, 0.5) is 0 Å². The molecule has 0 aliphatic heterocycles. The van der Waals surface area contributed by atoms with E-state index in [4.69, 9.17) is 20.0 Å². The summed E-state index contributed by atoms with van der Waals surface area (Å²) in [6, 6.07) is 1.92. The molecule has 17 heavy (non-hydrogen) atoms. The Morgan fingerprint density at radius 2 is 1.41 bits per heavy atom. The van der Waals surface area contributed by atoms with Gasteiger partial charge >= 0.3 is 0 Å². The molecule has 0 spiro atoms. The van der Waals surface area contributed by atoms with E-state index in [2.05, 4.69) is 0 Å². The Bertz CT molecular complexity index is 453. The average molecular weight is 230 g/mol. The minimum absolute atomic E-state index is 0.498. The average Bonchev–Trinajstić information content (AvgIpc) is 2.34. The van der Waals surface area contributed by atoms with Crippen molar-refractivity contribution in [2.24, 2.45) is 0 Å². The van der Waals surface area contributed by atoms with Gasteiger partial charge in [0.25, 0.3) is 12.5 Å². The van der Waals surface area contributed by atoms with Gasteiger partial charge in [-0.25, -0.2) is 0 Å². The molecule has 0 saturated carbocycles. The molecule has 0 aliphatic carbocycles. The Morgan fingerprint density at radius 3 is 1.71 bits per heavy atom. The molecule has 0 atom stereocenters. The van der Waals surface area contributed by atoms with Gasteiger partial charge in [0, 0.05) is 5.56 Å². The lowest BCUT2D eigenvalue weighted by molar-refractivity contribution is 0.468. The van der Waals surface area contributed by atoms with Crippen LogP contribution < -0.4 is 9.47 Å². The molecule has 0 amide bonds. The van der Waals surface area contributed by atoms with Gasteiger partial charge in [0.1, 0.15) is 0 Å². The van der Waals surface area contributed by atoms with Gasteiger partial charge in [0.15, 0.2) is 11.5 Å². The van der Waals surface area contributed by atoms with E-state index in [0.717, 1.165) is 24.0 Å². The van der Waals surface area contributed by atoms with E-state index in [0.29, 0.717) is 17.1 Å². The number of benzene rings is 1. The van der Waals surface area contributed by atoms with Crippen molar-refractivity contribution >= 4 is 0 Å². The predicted octanol–water partition coefficient (Wildman–Crippen LogP) is 2.84. The van der Waals surface area contributed by atoms with Crippen LogP contribution in [0.1, 0.15) is 30.5 Å². The van der Waals surface area contributed by atoms with Crippen LogP contribution in [0.2, 0.25) is 0 Å². The Labute approximate surface area is 101 Å². The molecule has 88 valence electrons. The second-order valence-corrected chi connectivity index (χ2v) is 3.57. The molecule has 1 rings (SSSR count). The minimum Gasteiger partial charge on any atom is -0.387 e. The lowest BCUT2D eigenvalue weighted by atomic mass is 10.00. The van der Waals surface area contributed by atoms with E-state index in [1.807, 2.05) is 19.9 Å². The smallest absolute Gasteiger partial charge is 0.292 e. The topological polar surface area (TPSA) is 66.0 Å². The molecule has 0 aliphatic rings. The van der Waals surface area contributed by atoms with Crippen molar-refractivity contribution < 1.29 is 9.47 Å². The Kier molecular flexibility index (Phi) is 4.37. The van der Waals surface area contributed by atoms with Gasteiger partial charge in [0.2, 0.25) is 0 Å². The first-order chi connectivity index (χ1) is 8.19. The zero-order valence-corrected chi connectivity index (χ0v) is 10.2.